The van der Waals surface area contributed by atoms with Gasteiger partial charge in [0, 0.05) is 13.1 Å². The van der Waals surface area contributed by atoms with Crippen LogP contribution < -0.4 is 5.73 Å². The van der Waals surface area contributed by atoms with E-state index in [1.54, 1.807) is 6.92 Å². The lowest BCUT2D eigenvalue weighted by Crippen LogP contribution is -2.31. The topological polar surface area (TPSA) is 101 Å². The molecule has 0 radical (unpaired) electrons. The van der Waals surface area contributed by atoms with Crippen LogP contribution in [0.1, 0.15) is 17.3 Å². The summed E-state index contributed by atoms with van der Waals surface area (Å²) in [7, 11) is -3.74. The SMILES string of the molecule is C=CCN(CC)S(=O)(=O)c1ccc(C(=O)O)cc1N. The van der Waals surface area contributed by atoms with E-state index < -0.39 is 16.0 Å². The third-order valence-electron chi connectivity index (χ3n) is 2.56. The Morgan fingerprint density at radius 1 is 1.53 bits per heavy atom. The number of likely N-dealkylation sites (N-methyl/N-ethyl adjacent to an activating group) is 1. The number of benzene rings is 1. The van der Waals surface area contributed by atoms with Gasteiger partial charge >= 0.3 is 5.97 Å². The molecule has 0 unspecified atom stereocenters. The van der Waals surface area contributed by atoms with Crippen LogP contribution in [0.2, 0.25) is 0 Å². The first-order chi connectivity index (χ1) is 8.84. The van der Waals surface area contributed by atoms with E-state index in [9.17, 15) is 13.2 Å². The monoisotopic (exact) mass is 284 g/mol. The summed E-state index contributed by atoms with van der Waals surface area (Å²) in [5.74, 6) is -1.16. The quantitative estimate of drug-likeness (QED) is 0.603. The van der Waals surface area contributed by atoms with Crippen LogP contribution >= 0.6 is 0 Å². The molecule has 0 fully saturated rings. The van der Waals surface area contributed by atoms with Gasteiger partial charge in [0.05, 0.1) is 11.3 Å². The molecule has 0 aliphatic rings. The number of carboxylic acids is 1. The van der Waals surface area contributed by atoms with Crippen LogP contribution in [0.25, 0.3) is 0 Å². The van der Waals surface area contributed by atoms with Crippen molar-refractivity contribution in [1.82, 2.24) is 4.31 Å². The number of aromatic carboxylic acids is 1. The normalized spacial score (nSPS) is 11.5. The van der Waals surface area contributed by atoms with E-state index in [0.29, 0.717) is 0 Å². The van der Waals surface area contributed by atoms with Crippen LogP contribution in [0.3, 0.4) is 0 Å². The fraction of sp³-hybridized carbons (Fsp3) is 0.250. The number of anilines is 1. The molecule has 6 nitrogen and oxygen atoms in total. The predicted molar refractivity (Wildman–Crippen MR) is 72.4 cm³/mol. The molecule has 0 atom stereocenters. The molecule has 3 N–H and O–H groups in total. The fourth-order valence-electron chi connectivity index (χ4n) is 1.60. The van der Waals surface area contributed by atoms with Crippen molar-refractivity contribution < 1.29 is 18.3 Å². The van der Waals surface area contributed by atoms with Gasteiger partial charge in [0.1, 0.15) is 4.90 Å². The Morgan fingerprint density at radius 3 is 2.58 bits per heavy atom. The number of rotatable bonds is 6. The van der Waals surface area contributed by atoms with E-state index in [1.165, 1.54) is 22.5 Å². The maximum absolute atomic E-state index is 12.3. The zero-order valence-corrected chi connectivity index (χ0v) is 11.4. The lowest BCUT2D eigenvalue weighted by atomic mass is 10.2. The second-order valence-corrected chi connectivity index (χ2v) is 5.71. The van der Waals surface area contributed by atoms with Crippen molar-refractivity contribution in [2.75, 3.05) is 18.8 Å². The van der Waals surface area contributed by atoms with Gasteiger partial charge in [-0.15, -0.1) is 6.58 Å². The minimum Gasteiger partial charge on any atom is -0.478 e. The number of carbonyl (C=O) groups is 1. The minimum atomic E-state index is -3.74. The van der Waals surface area contributed by atoms with Gasteiger partial charge in [-0.2, -0.15) is 4.31 Å². The number of carboxylic acid groups (broad SMARTS) is 1. The maximum Gasteiger partial charge on any atom is 0.335 e. The highest BCUT2D eigenvalue weighted by Crippen LogP contribution is 2.23. The number of nitrogens with zero attached hydrogens (tertiary/aromatic N) is 1. The summed E-state index contributed by atoms with van der Waals surface area (Å²) in [6, 6.07) is 3.56. The first-order valence-corrected chi connectivity index (χ1v) is 7.02. The molecule has 0 bridgehead atoms. The van der Waals surface area contributed by atoms with E-state index in [2.05, 4.69) is 6.58 Å². The number of sulfonamides is 1. The number of nitrogen functional groups attached to an aromatic ring is 1. The van der Waals surface area contributed by atoms with Gasteiger partial charge < -0.3 is 10.8 Å². The van der Waals surface area contributed by atoms with Crippen molar-refractivity contribution in [2.45, 2.75) is 11.8 Å². The van der Waals surface area contributed by atoms with E-state index in [-0.39, 0.29) is 29.2 Å². The highest BCUT2D eigenvalue weighted by molar-refractivity contribution is 7.89. The molecule has 104 valence electrons. The van der Waals surface area contributed by atoms with Crippen LogP contribution in [-0.2, 0) is 10.0 Å². The van der Waals surface area contributed by atoms with Gasteiger partial charge in [-0.25, -0.2) is 13.2 Å². The zero-order chi connectivity index (χ0) is 14.6. The Hall–Kier alpha value is -1.86. The van der Waals surface area contributed by atoms with Crippen molar-refractivity contribution in [3.63, 3.8) is 0 Å². The Bertz CT molecular complexity index is 596. The van der Waals surface area contributed by atoms with Crippen LogP contribution in [-0.4, -0.2) is 36.9 Å². The summed E-state index contributed by atoms with van der Waals surface area (Å²) in [6.07, 6.45) is 1.48. The molecule has 1 rings (SSSR count). The molecule has 0 heterocycles. The third kappa shape index (κ3) is 3.12. The number of nitrogens with two attached hydrogens (primary N) is 1. The molecule has 0 saturated heterocycles. The Balaban J connectivity index is 3.29. The summed E-state index contributed by atoms with van der Waals surface area (Å²) >= 11 is 0. The van der Waals surface area contributed by atoms with Crippen molar-refractivity contribution in [3.05, 3.63) is 36.4 Å². The predicted octanol–water partition coefficient (Wildman–Crippen LogP) is 1.16. The lowest BCUT2D eigenvalue weighted by Gasteiger charge is -2.19. The molecule has 19 heavy (non-hydrogen) atoms. The first-order valence-electron chi connectivity index (χ1n) is 5.58. The second-order valence-electron chi connectivity index (χ2n) is 3.80. The van der Waals surface area contributed by atoms with Gasteiger partial charge in [-0.05, 0) is 18.2 Å². The van der Waals surface area contributed by atoms with E-state index in [1.807, 2.05) is 0 Å². The van der Waals surface area contributed by atoms with Gasteiger partial charge in [0.15, 0.2) is 0 Å². The summed E-state index contributed by atoms with van der Waals surface area (Å²) in [6.45, 7) is 5.64. The summed E-state index contributed by atoms with van der Waals surface area (Å²) < 4.78 is 25.8. The zero-order valence-electron chi connectivity index (χ0n) is 10.5. The fourth-order valence-corrected chi connectivity index (χ4v) is 3.11. The average molecular weight is 284 g/mol. The smallest absolute Gasteiger partial charge is 0.335 e. The van der Waals surface area contributed by atoms with Crippen molar-refractivity contribution in [2.24, 2.45) is 0 Å². The summed E-state index contributed by atoms with van der Waals surface area (Å²) in [5, 5.41) is 8.81. The average Bonchev–Trinajstić information content (AvgIpc) is 2.35. The first kappa shape index (κ1) is 15.2. The third-order valence-corrected chi connectivity index (χ3v) is 4.57. The molecule has 0 aromatic heterocycles. The molecule has 1 aromatic carbocycles. The molecular formula is C12H16N2O4S. The lowest BCUT2D eigenvalue weighted by molar-refractivity contribution is 0.0697. The highest BCUT2D eigenvalue weighted by atomic mass is 32.2. The van der Waals surface area contributed by atoms with Crippen molar-refractivity contribution in [1.29, 1.82) is 0 Å². The molecule has 1 aromatic rings. The molecular weight excluding hydrogens is 268 g/mol. The van der Waals surface area contributed by atoms with Crippen molar-refractivity contribution >= 4 is 21.7 Å². The second kappa shape index (κ2) is 5.85. The van der Waals surface area contributed by atoms with Gasteiger partial charge in [0.25, 0.3) is 0 Å². The standard InChI is InChI=1S/C12H16N2O4S/c1-3-7-14(4-2)19(17,18)11-6-5-9(12(15)16)8-10(11)13/h3,5-6,8H,1,4,7,13H2,2H3,(H,15,16). The molecule has 7 heteroatoms. The number of hydrogen-bond acceptors (Lipinski definition) is 4. The van der Waals surface area contributed by atoms with Crippen LogP contribution in [0.5, 0.6) is 0 Å². The molecule has 0 aliphatic carbocycles. The minimum absolute atomic E-state index is 0.0526. The Morgan fingerprint density at radius 2 is 2.16 bits per heavy atom. The molecule has 0 saturated carbocycles. The molecule has 0 aliphatic heterocycles. The van der Waals surface area contributed by atoms with E-state index >= 15 is 0 Å². The van der Waals surface area contributed by atoms with E-state index in [4.69, 9.17) is 10.8 Å². The molecule has 0 spiro atoms. The highest BCUT2D eigenvalue weighted by Gasteiger charge is 2.24. The van der Waals surface area contributed by atoms with Crippen LogP contribution in [0, 0.1) is 0 Å². The molecule has 0 amide bonds. The largest absolute Gasteiger partial charge is 0.478 e. The van der Waals surface area contributed by atoms with E-state index in [0.717, 1.165) is 6.07 Å². The summed E-state index contributed by atoms with van der Waals surface area (Å²) in [5.41, 5.74) is 5.51. The maximum atomic E-state index is 12.3. The number of hydrogen-bond donors (Lipinski definition) is 2. The summed E-state index contributed by atoms with van der Waals surface area (Å²) in [4.78, 5) is 10.7. The van der Waals surface area contributed by atoms with Crippen LogP contribution in [0.15, 0.2) is 35.7 Å². The van der Waals surface area contributed by atoms with Crippen LogP contribution in [0.4, 0.5) is 5.69 Å². The Labute approximate surface area is 112 Å². The van der Waals surface area contributed by atoms with Gasteiger partial charge in [0.2, 0.25) is 10.0 Å². The van der Waals surface area contributed by atoms with Gasteiger partial charge in [-0.1, -0.05) is 13.0 Å². The van der Waals surface area contributed by atoms with Gasteiger partial charge in [-0.3, -0.25) is 0 Å². The Kier molecular flexibility index (Phi) is 4.68. The van der Waals surface area contributed by atoms with Crippen molar-refractivity contribution in [3.8, 4) is 0 Å².